The SMILES string of the molecule is CCN(CC)CCOc1cc(-c2cn[nH]c2C)ccc1NC(=O)C1COc2ccc(OC)cc2C1. The first kappa shape index (κ1) is 24.6. The number of H-pyrrole nitrogens is 1. The quantitative estimate of drug-likeness (QED) is 0.452. The zero-order valence-electron chi connectivity index (χ0n) is 20.9. The average molecular weight is 479 g/mol. The van der Waals surface area contributed by atoms with Gasteiger partial charge in [-0.25, -0.2) is 0 Å². The van der Waals surface area contributed by atoms with E-state index < -0.39 is 0 Å². The summed E-state index contributed by atoms with van der Waals surface area (Å²) in [6.07, 6.45) is 2.39. The molecule has 1 atom stereocenters. The number of amides is 1. The van der Waals surface area contributed by atoms with Crippen molar-refractivity contribution in [1.29, 1.82) is 0 Å². The molecule has 0 aliphatic carbocycles. The predicted octanol–water partition coefficient (Wildman–Crippen LogP) is 4.30. The highest BCUT2D eigenvalue weighted by molar-refractivity contribution is 5.95. The van der Waals surface area contributed by atoms with Gasteiger partial charge in [-0.3, -0.25) is 9.89 Å². The summed E-state index contributed by atoms with van der Waals surface area (Å²) in [7, 11) is 1.63. The second-order valence-electron chi connectivity index (χ2n) is 8.67. The third kappa shape index (κ3) is 5.77. The number of likely N-dealkylation sites (N-methyl/N-ethyl adjacent to an activating group) is 1. The minimum absolute atomic E-state index is 0.0979. The zero-order chi connectivity index (χ0) is 24.8. The topological polar surface area (TPSA) is 88.7 Å². The molecule has 1 aromatic heterocycles. The fraction of sp³-hybridized carbons (Fsp3) is 0.407. The normalized spacial score (nSPS) is 14.8. The van der Waals surface area contributed by atoms with Gasteiger partial charge in [0.05, 0.1) is 24.9 Å². The smallest absolute Gasteiger partial charge is 0.231 e. The van der Waals surface area contributed by atoms with Crippen molar-refractivity contribution in [2.24, 2.45) is 5.92 Å². The molecule has 35 heavy (non-hydrogen) atoms. The first-order valence-electron chi connectivity index (χ1n) is 12.1. The Hall–Kier alpha value is -3.52. The Balaban J connectivity index is 1.52. The number of carbonyl (C=O) groups excluding carboxylic acids is 1. The summed E-state index contributed by atoms with van der Waals surface area (Å²) in [6, 6.07) is 11.5. The maximum absolute atomic E-state index is 13.2. The molecule has 0 bridgehead atoms. The van der Waals surface area contributed by atoms with Gasteiger partial charge < -0.3 is 24.4 Å². The van der Waals surface area contributed by atoms with Crippen molar-refractivity contribution in [2.75, 3.05) is 45.3 Å². The number of fused-ring (bicyclic) bond motifs is 1. The van der Waals surface area contributed by atoms with Crippen LogP contribution in [0, 0.1) is 12.8 Å². The second-order valence-corrected chi connectivity index (χ2v) is 8.67. The monoisotopic (exact) mass is 478 g/mol. The van der Waals surface area contributed by atoms with Gasteiger partial charge in [0.25, 0.3) is 0 Å². The van der Waals surface area contributed by atoms with Crippen LogP contribution in [0.3, 0.4) is 0 Å². The molecule has 1 aliphatic rings. The van der Waals surface area contributed by atoms with Crippen LogP contribution < -0.4 is 19.5 Å². The molecular weight excluding hydrogens is 444 g/mol. The van der Waals surface area contributed by atoms with Crippen LogP contribution in [0.4, 0.5) is 5.69 Å². The Labute approximate surface area is 206 Å². The number of rotatable bonds is 10. The van der Waals surface area contributed by atoms with Gasteiger partial charge in [-0.15, -0.1) is 0 Å². The van der Waals surface area contributed by atoms with Crippen LogP contribution in [0.2, 0.25) is 0 Å². The largest absolute Gasteiger partial charge is 0.497 e. The number of nitrogens with one attached hydrogen (secondary N) is 2. The van der Waals surface area contributed by atoms with E-state index in [0.29, 0.717) is 31.1 Å². The molecule has 1 aliphatic heterocycles. The Morgan fingerprint density at radius 2 is 2.06 bits per heavy atom. The summed E-state index contributed by atoms with van der Waals surface area (Å²) in [5, 5.41) is 10.2. The van der Waals surface area contributed by atoms with Gasteiger partial charge in [0.1, 0.15) is 30.5 Å². The third-order valence-electron chi connectivity index (χ3n) is 6.48. The molecule has 1 unspecified atom stereocenters. The minimum atomic E-state index is -0.311. The van der Waals surface area contributed by atoms with Crippen LogP contribution in [0.25, 0.3) is 11.1 Å². The summed E-state index contributed by atoms with van der Waals surface area (Å²) in [4.78, 5) is 15.5. The molecule has 0 fully saturated rings. The van der Waals surface area contributed by atoms with Crippen molar-refractivity contribution in [3.8, 4) is 28.4 Å². The fourth-order valence-corrected chi connectivity index (χ4v) is 4.28. The van der Waals surface area contributed by atoms with Gasteiger partial charge in [0, 0.05) is 17.8 Å². The van der Waals surface area contributed by atoms with E-state index in [1.54, 1.807) is 13.3 Å². The van der Waals surface area contributed by atoms with E-state index in [2.05, 4.69) is 34.3 Å². The molecule has 0 saturated heterocycles. The molecule has 2 N–H and O–H groups in total. The molecule has 0 radical (unpaired) electrons. The molecule has 0 spiro atoms. The number of carbonyl (C=O) groups is 1. The van der Waals surface area contributed by atoms with E-state index in [1.807, 2.05) is 43.3 Å². The first-order valence-corrected chi connectivity index (χ1v) is 12.1. The van der Waals surface area contributed by atoms with Crippen molar-refractivity contribution in [3.05, 3.63) is 53.9 Å². The second kappa shape index (κ2) is 11.3. The predicted molar refractivity (Wildman–Crippen MR) is 136 cm³/mol. The van der Waals surface area contributed by atoms with Crippen molar-refractivity contribution in [2.45, 2.75) is 27.2 Å². The number of anilines is 1. The maximum atomic E-state index is 13.2. The van der Waals surface area contributed by atoms with Crippen LogP contribution in [-0.4, -0.2) is 61.0 Å². The van der Waals surface area contributed by atoms with Crippen LogP contribution in [0.15, 0.2) is 42.6 Å². The average Bonchev–Trinajstić information content (AvgIpc) is 3.32. The Morgan fingerprint density at radius 1 is 1.23 bits per heavy atom. The lowest BCUT2D eigenvalue weighted by Crippen LogP contribution is -2.33. The van der Waals surface area contributed by atoms with Crippen LogP contribution in [0.5, 0.6) is 17.2 Å². The number of nitrogens with zero attached hydrogens (tertiary/aromatic N) is 2. The van der Waals surface area contributed by atoms with Gasteiger partial charge in [-0.2, -0.15) is 5.10 Å². The first-order chi connectivity index (χ1) is 17.0. The van der Waals surface area contributed by atoms with Crippen LogP contribution >= 0.6 is 0 Å². The van der Waals surface area contributed by atoms with Gasteiger partial charge in [-0.1, -0.05) is 19.9 Å². The van der Waals surface area contributed by atoms with E-state index in [9.17, 15) is 4.79 Å². The molecule has 2 heterocycles. The van der Waals surface area contributed by atoms with E-state index >= 15 is 0 Å². The number of aromatic nitrogens is 2. The summed E-state index contributed by atoms with van der Waals surface area (Å²) in [6.45, 7) is 9.85. The molecule has 4 rings (SSSR count). The van der Waals surface area contributed by atoms with E-state index in [4.69, 9.17) is 14.2 Å². The van der Waals surface area contributed by atoms with Gasteiger partial charge in [-0.05, 0) is 67.9 Å². The molecule has 2 aromatic carbocycles. The zero-order valence-corrected chi connectivity index (χ0v) is 20.9. The highest BCUT2D eigenvalue weighted by Crippen LogP contribution is 2.34. The number of hydrogen-bond donors (Lipinski definition) is 2. The number of ether oxygens (including phenoxy) is 3. The number of methoxy groups -OCH3 is 1. The van der Waals surface area contributed by atoms with Gasteiger partial charge in [0.2, 0.25) is 5.91 Å². The van der Waals surface area contributed by atoms with Crippen molar-refractivity contribution >= 4 is 11.6 Å². The van der Waals surface area contributed by atoms with Gasteiger partial charge in [0.15, 0.2) is 0 Å². The Morgan fingerprint density at radius 3 is 2.77 bits per heavy atom. The standard InChI is InChI=1S/C27H34N4O4/c1-5-31(6-2)11-12-34-26-15-19(23-16-28-30-18(23)3)7-9-24(26)29-27(32)21-13-20-14-22(33-4)8-10-25(20)35-17-21/h7-10,14-16,21H,5-6,11-13,17H2,1-4H3,(H,28,30)(H,29,32). The number of hydrogen-bond acceptors (Lipinski definition) is 6. The van der Waals surface area contributed by atoms with Crippen molar-refractivity contribution < 1.29 is 19.0 Å². The summed E-state index contributed by atoms with van der Waals surface area (Å²) >= 11 is 0. The molecule has 0 saturated carbocycles. The summed E-state index contributed by atoms with van der Waals surface area (Å²) in [5.41, 5.74) is 4.58. The summed E-state index contributed by atoms with van der Waals surface area (Å²) < 4.78 is 17.4. The number of aromatic amines is 1. The van der Waals surface area contributed by atoms with Gasteiger partial charge >= 0.3 is 0 Å². The molecular formula is C27H34N4O4. The maximum Gasteiger partial charge on any atom is 0.231 e. The summed E-state index contributed by atoms with van der Waals surface area (Å²) in [5.74, 6) is 1.79. The molecule has 8 heteroatoms. The number of aryl methyl sites for hydroxylation is 1. The number of benzene rings is 2. The fourth-order valence-electron chi connectivity index (χ4n) is 4.28. The van der Waals surface area contributed by atoms with E-state index in [-0.39, 0.29) is 11.8 Å². The molecule has 3 aromatic rings. The highest BCUT2D eigenvalue weighted by Gasteiger charge is 2.27. The van der Waals surface area contributed by atoms with Crippen molar-refractivity contribution in [3.63, 3.8) is 0 Å². The van der Waals surface area contributed by atoms with E-state index in [1.165, 1.54) is 0 Å². The lowest BCUT2D eigenvalue weighted by atomic mass is 9.95. The highest BCUT2D eigenvalue weighted by atomic mass is 16.5. The lowest BCUT2D eigenvalue weighted by molar-refractivity contribution is -0.121. The minimum Gasteiger partial charge on any atom is -0.497 e. The Bertz CT molecular complexity index is 1160. The molecule has 186 valence electrons. The lowest BCUT2D eigenvalue weighted by Gasteiger charge is -2.25. The van der Waals surface area contributed by atoms with Crippen molar-refractivity contribution in [1.82, 2.24) is 15.1 Å². The Kier molecular flexibility index (Phi) is 7.92. The van der Waals surface area contributed by atoms with E-state index in [0.717, 1.165) is 53.5 Å². The third-order valence-corrected chi connectivity index (χ3v) is 6.48. The molecule has 1 amide bonds. The van der Waals surface area contributed by atoms with Crippen LogP contribution in [0.1, 0.15) is 25.1 Å². The molecule has 8 nitrogen and oxygen atoms in total. The van der Waals surface area contributed by atoms with Crippen LogP contribution in [-0.2, 0) is 11.2 Å².